The number of nitrogens with two attached hydrogens (primary N) is 1. The van der Waals surface area contributed by atoms with Gasteiger partial charge in [0.2, 0.25) is 0 Å². The SMILES string of the molecule is CCc1c(-c2ccc([N+](=O)[O-])cc2)sc(C(=O)OC)c1N. The molecule has 0 saturated carbocycles. The Balaban J connectivity index is 2.52. The fourth-order valence-electron chi connectivity index (χ4n) is 2.04. The van der Waals surface area contributed by atoms with E-state index >= 15 is 0 Å². The van der Waals surface area contributed by atoms with Gasteiger partial charge in [0.1, 0.15) is 4.88 Å². The summed E-state index contributed by atoms with van der Waals surface area (Å²) >= 11 is 1.24. The monoisotopic (exact) mass is 306 g/mol. The number of carbonyl (C=O) groups excluding carboxylic acids is 1. The number of nitrogen functional groups attached to an aromatic ring is 1. The molecular weight excluding hydrogens is 292 g/mol. The van der Waals surface area contributed by atoms with Crippen LogP contribution in [0.25, 0.3) is 10.4 Å². The summed E-state index contributed by atoms with van der Waals surface area (Å²) < 4.78 is 4.72. The quantitative estimate of drug-likeness (QED) is 0.531. The number of benzene rings is 1. The summed E-state index contributed by atoms with van der Waals surface area (Å²) in [7, 11) is 1.30. The Morgan fingerprint density at radius 1 is 1.38 bits per heavy atom. The minimum Gasteiger partial charge on any atom is -0.465 e. The zero-order valence-electron chi connectivity index (χ0n) is 11.6. The Bertz CT molecular complexity index is 692. The van der Waals surface area contributed by atoms with Crippen molar-refractivity contribution in [1.82, 2.24) is 0 Å². The molecule has 6 nitrogen and oxygen atoms in total. The molecule has 2 rings (SSSR count). The predicted molar refractivity (Wildman–Crippen MR) is 81.5 cm³/mol. The van der Waals surface area contributed by atoms with E-state index in [0.717, 1.165) is 16.0 Å². The molecular formula is C14H14N2O4S. The van der Waals surface area contributed by atoms with Crippen LogP contribution in [0.2, 0.25) is 0 Å². The first-order valence-corrected chi connectivity index (χ1v) is 7.05. The van der Waals surface area contributed by atoms with Gasteiger partial charge in [-0.05, 0) is 29.7 Å². The van der Waals surface area contributed by atoms with Crippen LogP contribution in [0.1, 0.15) is 22.2 Å². The van der Waals surface area contributed by atoms with Crippen molar-refractivity contribution in [3.05, 3.63) is 44.8 Å². The van der Waals surface area contributed by atoms with Crippen LogP contribution in [0.5, 0.6) is 0 Å². The smallest absolute Gasteiger partial charge is 0.350 e. The van der Waals surface area contributed by atoms with Crippen molar-refractivity contribution in [3.8, 4) is 10.4 Å². The number of nitro groups is 1. The van der Waals surface area contributed by atoms with Gasteiger partial charge in [0.25, 0.3) is 5.69 Å². The van der Waals surface area contributed by atoms with E-state index < -0.39 is 10.9 Å². The average Bonchev–Trinajstić information content (AvgIpc) is 2.83. The van der Waals surface area contributed by atoms with Crippen LogP contribution >= 0.6 is 11.3 Å². The van der Waals surface area contributed by atoms with Crippen molar-refractivity contribution < 1.29 is 14.5 Å². The van der Waals surface area contributed by atoms with Gasteiger partial charge in [-0.3, -0.25) is 10.1 Å². The number of anilines is 1. The molecule has 0 atom stereocenters. The van der Waals surface area contributed by atoms with Crippen LogP contribution in [0, 0.1) is 10.1 Å². The Labute approximate surface area is 125 Å². The molecule has 0 radical (unpaired) electrons. The maximum absolute atomic E-state index is 11.7. The summed E-state index contributed by atoms with van der Waals surface area (Å²) in [5.41, 5.74) is 8.10. The minimum absolute atomic E-state index is 0.0227. The van der Waals surface area contributed by atoms with Crippen LogP contribution in [0.4, 0.5) is 11.4 Å². The minimum atomic E-state index is -0.472. The van der Waals surface area contributed by atoms with Gasteiger partial charge in [0.05, 0.1) is 17.7 Å². The first-order chi connectivity index (χ1) is 9.99. The molecule has 1 aromatic heterocycles. The molecule has 0 aliphatic rings. The third-order valence-corrected chi connectivity index (χ3v) is 4.39. The van der Waals surface area contributed by atoms with E-state index in [0.29, 0.717) is 17.0 Å². The average molecular weight is 306 g/mol. The zero-order chi connectivity index (χ0) is 15.6. The van der Waals surface area contributed by atoms with Crippen molar-refractivity contribution in [3.63, 3.8) is 0 Å². The molecule has 0 fully saturated rings. The third-order valence-electron chi connectivity index (χ3n) is 3.11. The summed E-state index contributed by atoms with van der Waals surface area (Å²) in [6.07, 6.45) is 0.658. The van der Waals surface area contributed by atoms with Crippen molar-refractivity contribution in [2.75, 3.05) is 12.8 Å². The molecule has 1 heterocycles. The standard InChI is InChI=1S/C14H14N2O4S/c1-3-10-11(15)13(14(17)20-2)21-12(10)8-4-6-9(7-5-8)16(18)19/h4-7H,3,15H2,1-2H3. The molecule has 7 heteroatoms. The maximum Gasteiger partial charge on any atom is 0.350 e. The van der Waals surface area contributed by atoms with E-state index in [1.54, 1.807) is 12.1 Å². The number of thiophene rings is 1. The summed E-state index contributed by atoms with van der Waals surface area (Å²) in [5.74, 6) is -0.472. The molecule has 2 aromatic rings. The summed E-state index contributed by atoms with van der Waals surface area (Å²) in [4.78, 5) is 23.1. The van der Waals surface area contributed by atoms with E-state index in [-0.39, 0.29) is 5.69 Å². The number of esters is 1. The Morgan fingerprint density at radius 2 is 2.00 bits per heavy atom. The highest BCUT2D eigenvalue weighted by Gasteiger charge is 2.21. The van der Waals surface area contributed by atoms with Crippen LogP contribution in [-0.4, -0.2) is 18.0 Å². The molecule has 0 amide bonds. The molecule has 110 valence electrons. The van der Waals surface area contributed by atoms with Crippen LogP contribution < -0.4 is 5.73 Å². The van der Waals surface area contributed by atoms with Crippen molar-refractivity contribution in [2.45, 2.75) is 13.3 Å². The second-order valence-corrected chi connectivity index (χ2v) is 5.32. The van der Waals surface area contributed by atoms with Gasteiger partial charge in [-0.1, -0.05) is 6.92 Å². The molecule has 0 spiro atoms. The third kappa shape index (κ3) is 2.73. The molecule has 2 N–H and O–H groups in total. The number of nitro benzene ring substituents is 1. The van der Waals surface area contributed by atoms with Crippen LogP contribution in [0.15, 0.2) is 24.3 Å². The fraction of sp³-hybridized carbons (Fsp3) is 0.214. The van der Waals surface area contributed by atoms with Gasteiger partial charge < -0.3 is 10.5 Å². The normalized spacial score (nSPS) is 10.4. The summed E-state index contributed by atoms with van der Waals surface area (Å²) in [5, 5.41) is 10.7. The number of methoxy groups -OCH3 is 1. The summed E-state index contributed by atoms with van der Waals surface area (Å²) in [6.45, 7) is 1.94. The van der Waals surface area contributed by atoms with Crippen molar-refractivity contribution in [1.29, 1.82) is 0 Å². The van der Waals surface area contributed by atoms with Gasteiger partial charge in [-0.15, -0.1) is 11.3 Å². The van der Waals surface area contributed by atoms with E-state index in [1.807, 2.05) is 6.92 Å². The molecule has 0 bridgehead atoms. The molecule has 0 unspecified atom stereocenters. The highest BCUT2D eigenvalue weighted by atomic mass is 32.1. The first-order valence-electron chi connectivity index (χ1n) is 6.23. The van der Waals surface area contributed by atoms with Gasteiger partial charge in [-0.25, -0.2) is 4.79 Å². The number of nitrogens with zero attached hydrogens (tertiary/aromatic N) is 1. The zero-order valence-corrected chi connectivity index (χ0v) is 12.4. The van der Waals surface area contributed by atoms with Gasteiger partial charge >= 0.3 is 5.97 Å². The van der Waals surface area contributed by atoms with Crippen LogP contribution in [-0.2, 0) is 11.2 Å². The highest BCUT2D eigenvalue weighted by molar-refractivity contribution is 7.18. The fourth-order valence-corrected chi connectivity index (χ4v) is 3.28. The number of hydrogen-bond acceptors (Lipinski definition) is 6. The first kappa shape index (κ1) is 15.0. The molecule has 0 aliphatic heterocycles. The lowest BCUT2D eigenvalue weighted by Gasteiger charge is -2.02. The Morgan fingerprint density at radius 3 is 2.48 bits per heavy atom. The lowest BCUT2D eigenvalue weighted by molar-refractivity contribution is -0.384. The van der Waals surface area contributed by atoms with Gasteiger partial charge in [-0.2, -0.15) is 0 Å². The number of rotatable bonds is 4. The number of non-ortho nitro benzene ring substituents is 1. The predicted octanol–water partition coefficient (Wildman–Crippen LogP) is 3.25. The molecule has 21 heavy (non-hydrogen) atoms. The number of ether oxygens (including phenoxy) is 1. The van der Waals surface area contributed by atoms with E-state index in [2.05, 4.69) is 0 Å². The van der Waals surface area contributed by atoms with Gasteiger partial charge in [0.15, 0.2) is 0 Å². The number of hydrogen-bond donors (Lipinski definition) is 1. The lowest BCUT2D eigenvalue weighted by Crippen LogP contribution is -2.02. The van der Waals surface area contributed by atoms with E-state index in [9.17, 15) is 14.9 Å². The molecule has 0 aliphatic carbocycles. The largest absolute Gasteiger partial charge is 0.465 e. The van der Waals surface area contributed by atoms with Crippen molar-refractivity contribution >= 4 is 28.7 Å². The molecule has 0 saturated heterocycles. The van der Waals surface area contributed by atoms with Crippen molar-refractivity contribution in [2.24, 2.45) is 0 Å². The van der Waals surface area contributed by atoms with E-state index in [1.165, 1.54) is 30.6 Å². The highest BCUT2D eigenvalue weighted by Crippen LogP contribution is 2.39. The molecule has 1 aromatic carbocycles. The Hall–Kier alpha value is -2.41. The van der Waals surface area contributed by atoms with Crippen LogP contribution in [0.3, 0.4) is 0 Å². The van der Waals surface area contributed by atoms with Gasteiger partial charge in [0, 0.05) is 17.0 Å². The Kier molecular flexibility index (Phi) is 4.23. The number of carbonyl (C=O) groups is 1. The topological polar surface area (TPSA) is 95.5 Å². The summed E-state index contributed by atoms with van der Waals surface area (Å²) in [6, 6.07) is 6.18. The second kappa shape index (κ2) is 5.92. The lowest BCUT2D eigenvalue weighted by atomic mass is 10.1. The van der Waals surface area contributed by atoms with E-state index in [4.69, 9.17) is 10.5 Å². The maximum atomic E-state index is 11.7. The second-order valence-electron chi connectivity index (χ2n) is 4.30.